The Morgan fingerprint density at radius 2 is 2.20 bits per heavy atom. The minimum absolute atomic E-state index is 0.0484. The van der Waals surface area contributed by atoms with Gasteiger partial charge in [-0.3, -0.25) is 19.8 Å². The van der Waals surface area contributed by atoms with Gasteiger partial charge in [0.2, 0.25) is 0 Å². The first-order chi connectivity index (χ1) is 12.2. The highest BCUT2D eigenvalue weighted by atomic mass is 19.1. The third-order valence-electron chi connectivity index (χ3n) is 4.47. The number of fused-ring (bicyclic) bond motifs is 1. The number of aromatic amines is 1. The highest BCUT2D eigenvalue weighted by molar-refractivity contribution is 6.05. The lowest BCUT2D eigenvalue weighted by Gasteiger charge is -2.38. The summed E-state index contributed by atoms with van der Waals surface area (Å²) in [7, 11) is 0. The Kier molecular flexibility index (Phi) is 4.15. The molecule has 128 valence electrons. The van der Waals surface area contributed by atoms with Crippen molar-refractivity contribution in [1.29, 1.82) is 0 Å². The van der Waals surface area contributed by atoms with E-state index in [9.17, 15) is 9.18 Å². The van der Waals surface area contributed by atoms with Crippen LogP contribution < -0.4 is 5.32 Å². The molecule has 1 amide bonds. The van der Waals surface area contributed by atoms with Crippen LogP contribution in [0.15, 0.2) is 42.7 Å². The molecule has 0 bridgehead atoms. The van der Waals surface area contributed by atoms with Gasteiger partial charge >= 0.3 is 0 Å². The van der Waals surface area contributed by atoms with Crippen LogP contribution in [-0.4, -0.2) is 58.3 Å². The Morgan fingerprint density at radius 1 is 1.32 bits per heavy atom. The molecule has 4 rings (SSSR count). The molecule has 3 aromatic rings. The monoisotopic (exact) mass is 339 g/mol. The second-order valence-corrected chi connectivity index (χ2v) is 6.19. The summed E-state index contributed by atoms with van der Waals surface area (Å²) in [5.41, 5.74) is 3.15. The first kappa shape index (κ1) is 15.7. The second kappa shape index (κ2) is 6.60. The summed E-state index contributed by atoms with van der Waals surface area (Å²) in [6, 6.07) is 9.73. The number of pyridine rings is 1. The van der Waals surface area contributed by atoms with Crippen molar-refractivity contribution in [1.82, 2.24) is 25.4 Å². The predicted octanol–water partition coefficient (Wildman–Crippen LogP) is 2.01. The van der Waals surface area contributed by atoms with E-state index >= 15 is 0 Å². The third-order valence-corrected chi connectivity index (χ3v) is 4.47. The molecule has 0 saturated carbocycles. The molecule has 1 saturated heterocycles. The molecule has 0 unspecified atom stereocenters. The number of halogens is 1. The largest absolute Gasteiger partial charge is 0.345 e. The Hall–Kier alpha value is -2.80. The quantitative estimate of drug-likeness (QED) is 0.746. The van der Waals surface area contributed by atoms with Gasteiger partial charge in [-0.15, -0.1) is 0 Å². The average molecular weight is 339 g/mol. The average Bonchev–Trinajstić information content (AvgIpc) is 3.04. The summed E-state index contributed by atoms with van der Waals surface area (Å²) in [6.07, 6.45) is 3.51. The second-order valence-electron chi connectivity index (χ2n) is 6.19. The molecule has 0 radical (unpaired) electrons. The van der Waals surface area contributed by atoms with E-state index in [0.29, 0.717) is 25.3 Å². The maximum atomic E-state index is 12.5. The van der Waals surface area contributed by atoms with Gasteiger partial charge in [0, 0.05) is 43.0 Å². The lowest BCUT2D eigenvalue weighted by atomic mass is 10.0. The molecular weight excluding hydrogens is 321 g/mol. The molecule has 3 heterocycles. The van der Waals surface area contributed by atoms with Gasteiger partial charge in [-0.05, 0) is 23.8 Å². The zero-order chi connectivity index (χ0) is 17.2. The molecule has 25 heavy (non-hydrogen) atoms. The van der Waals surface area contributed by atoms with Crippen molar-refractivity contribution in [3.05, 3.63) is 48.4 Å². The highest BCUT2D eigenvalue weighted by Crippen LogP contribution is 2.25. The molecule has 0 aliphatic carbocycles. The molecule has 1 aliphatic rings. The normalized spacial score (nSPS) is 15.2. The lowest BCUT2D eigenvalue weighted by Crippen LogP contribution is -2.59. The van der Waals surface area contributed by atoms with Gasteiger partial charge < -0.3 is 5.32 Å². The van der Waals surface area contributed by atoms with Crippen LogP contribution in [0.4, 0.5) is 4.39 Å². The number of nitrogens with one attached hydrogen (secondary N) is 2. The van der Waals surface area contributed by atoms with Crippen molar-refractivity contribution in [2.45, 2.75) is 6.04 Å². The molecular formula is C18H18FN5O. The van der Waals surface area contributed by atoms with E-state index < -0.39 is 0 Å². The predicted molar refractivity (Wildman–Crippen MR) is 93.0 cm³/mol. The first-order valence-corrected chi connectivity index (χ1v) is 8.22. The number of rotatable bonds is 5. The van der Waals surface area contributed by atoms with E-state index in [1.54, 1.807) is 12.4 Å². The Bertz CT molecular complexity index is 889. The number of nitrogens with zero attached hydrogens (tertiary/aromatic N) is 3. The Balaban J connectivity index is 1.55. The lowest BCUT2D eigenvalue weighted by molar-refractivity contribution is 0.0795. The van der Waals surface area contributed by atoms with Gasteiger partial charge in [0.25, 0.3) is 5.91 Å². The van der Waals surface area contributed by atoms with Crippen LogP contribution in [0, 0.1) is 0 Å². The van der Waals surface area contributed by atoms with Gasteiger partial charge in [-0.2, -0.15) is 5.10 Å². The molecule has 0 atom stereocenters. The van der Waals surface area contributed by atoms with Crippen LogP contribution >= 0.6 is 0 Å². The number of aromatic nitrogens is 3. The van der Waals surface area contributed by atoms with Crippen LogP contribution in [0.25, 0.3) is 22.0 Å². The molecule has 2 aromatic heterocycles. The van der Waals surface area contributed by atoms with Crippen molar-refractivity contribution in [3.8, 4) is 11.1 Å². The van der Waals surface area contributed by atoms with Crippen molar-refractivity contribution in [2.24, 2.45) is 0 Å². The van der Waals surface area contributed by atoms with Crippen molar-refractivity contribution < 1.29 is 9.18 Å². The summed E-state index contributed by atoms with van der Waals surface area (Å²) >= 11 is 0. The standard InChI is InChI=1S/C18H18FN5O/c19-5-7-24-10-14(11-24)21-18(25)17-15-8-12(3-4-16(15)22-23-17)13-2-1-6-20-9-13/h1-4,6,8-9,14H,5,7,10-11H2,(H,21,25)(H,22,23). The number of hydrogen-bond donors (Lipinski definition) is 2. The van der Waals surface area contributed by atoms with Crippen molar-refractivity contribution >= 4 is 16.8 Å². The minimum Gasteiger partial charge on any atom is -0.345 e. The number of H-pyrrole nitrogens is 1. The number of likely N-dealkylation sites (tertiary alicyclic amines) is 1. The number of benzene rings is 1. The summed E-state index contributed by atoms with van der Waals surface area (Å²) < 4.78 is 12.3. The smallest absolute Gasteiger partial charge is 0.272 e. The number of amides is 1. The van der Waals surface area contributed by atoms with E-state index in [-0.39, 0.29) is 18.6 Å². The third kappa shape index (κ3) is 3.10. The van der Waals surface area contributed by atoms with Crippen molar-refractivity contribution in [3.63, 3.8) is 0 Å². The summed E-state index contributed by atoms with van der Waals surface area (Å²) in [4.78, 5) is 18.6. The van der Waals surface area contributed by atoms with Crippen LogP contribution in [0.1, 0.15) is 10.5 Å². The van der Waals surface area contributed by atoms with E-state index in [0.717, 1.165) is 22.0 Å². The van der Waals surface area contributed by atoms with E-state index in [4.69, 9.17) is 0 Å². The molecule has 1 aromatic carbocycles. The Labute approximate surface area is 144 Å². The zero-order valence-corrected chi connectivity index (χ0v) is 13.6. The SMILES string of the molecule is O=C(NC1CN(CCF)C1)c1n[nH]c2ccc(-c3cccnc3)cc12. The fourth-order valence-electron chi connectivity index (χ4n) is 3.12. The van der Waals surface area contributed by atoms with Gasteiger partial charge in [-0.25, -0.2) is 4.39 Å². The zero-order valence-electron chi connectivity index (χ0n) is 13.6. The highest BCUT2D eigenvalue weighted by Gasteiger charge is 2.28. The van der Waals surface area contributed by atoms with Gasteiger partial charge in [0.05, 0.1) is 11.6 Å². The van der Waals surface area contributed by atoms with Crippen molar-refractivity contribution in [2.75, 3.05) is 26.3 Å². The molecule has 7 heteroatoms. The minimum atomic E-state index is -0.359. The van der Waals surface area contributed by atoms with Crippen LogP contribution in [0.5, 0.6) is 0 Å². The molecule has 1 fully saturated rings. The number of carbonyl (C=O) groups is 1. The van der Waals surface area contributed by atoms with E-state index in [1.165, 1.54) is 0 Å². The molecule has 2 N–H and O–H groups in total. The summed E-state index contributed by atoms with van der Waals surface area (Å²) in [6.45, 7) is 1.42. The molecule has 6 nitrogen and oxygen atoms in total. The topological polar surface area (TPSA) is 73.9 Å². The number of carbonyl (C=O) groups excluding carboxylic acids is 1. The van der Waals surface area contributed by atoms with E-state index in [1.807, 2.05) is 35.2 Å². The summed E-state index contributed by atoms with van der Waals surface area (Å²) in [5, 5.41) is 10.8. The van der Waals surface area contributed by atoms with E-state index in [2.05, 4.69) is 20.5 Å². The molecule has 0 spiro atoms. The maximum absolute atomic E-state index is 12.5. The van der Waals surface area contributed by atoms with Crippen LogP contribution in [-0.2, 0) is 0 Å². The van der Waals surface area contributed by atoms with Gasteiger partial charge in [-0.1, -0.05) is 12.1 Å². The van der Waals surface area contributed by atoms with Gasteiger partial charge in [0.1, 0.15) is 6.67 Å². The molecule has 1 aliphatic heterocycles. The van der Waals surface area contributed by atoms with Gasteiger partial charge in [0.15, 0.2) is 5.69 Å². The Morgan fingerprint density at radius 3 is 2.96 bits per heavy atom. The number of hydrogen-bond acceptors (Lipinski definition) is 4. The van der Waals surface area contributed by atoms with Crippen LogP contribution in [0.2, 0.25) is 0 Å². The number of alkyl halides is 1. The maximum Gasteiger partial charge on any atom is 0.272 e. The summed E-state index contributed by atoms with van der Waals surface area (Å²) in [5.74, 6) is -0.209. The first-order valence-electron chi connectivity index (χ1n) is 8.22. The van der Waals surface area contributed by atoms with Crippen LogP contribution in [0.3, 0.4) is 0 Å². The fourth-order valence-corrected chi connectivity index (χ4v) is 3.12. The fraction of sp³-hybridized carbons (Fsp3) is 0.278.